The molecule has 0 aromatic carbocycles. The van der Waals surface area contributed by atoms with Crippen molar-refractivity contribution in [3.63, 3.8) is 0 Å². The summed E-state index contributed by atoms with van der Waals surface area (Å²) in [4.78, 5) is 0. The van der Waals surface area contributed by atoms with Crippen LogP contribution >= 0.6 is 0 Å². The van der Waals surface area contributed by atoms with Crippen LogP contribution in [-0.4, -0.2) is 43.5 Å². The predicted octanol–water partition coefficient (Wildman–Crippen LogP) is 7.80. The van der Waals surface area contributed by atoms with Crippen LogP contribution in [0, 0.1) is 0 Å². The average Bonchev–Trinajstić information content (AvgIpc) is 1.94. The van der Waals surface area contributed by atoms with Gasteiger partial charge in [0.15, 0.2) is 0 Å². The third kappa shape index (κ3) is 663000. The van der Waals surface area contributed by atoms with Gasteiger partial charge < -0.3 is 104 Å². The second-order valence-corrected chi connectivity index (χ2v) is 2.97. The van der Waals surface area contributed by atoms with Crippen molar-refractivity contribution in [3.05, 3.63) is 0 Å². The van der Waals surface area contributed by atoms with E-state index >= 15 is 0 Å². The van der Waals surface area contributed by atoms with E-state index < -0.39 is 43.5 Å². The second-order valence-electron chi connectivity index (χ2n) is 2.97. The van der Waals surface area contributed by atoms with Crippen LogP contribution < -0.4 is 0 Å². The summed E-state index contributed by atoms with van der Waals surface area (Å²) in [5, 5.41) is 0. The Morgan fingerprint density at radius 2 is 0.161 bits per heavy atom. The van der Waals surface area contributed by atoms with Crippen molar-refractivity contribution in [2.24, 2.45) is 0 Å². The fourth-order valence-corrected chi connectivity index (χ4v) is 0. The van der Waals surface area contributed by atoms with Gasteiger partial charge in [0.1, 0.15) is 0 Å². The first-order chi connectivity index (χ1) is 12.0. The van der Waals surface area contributed by atoms with Gasteiger partial charge in [0, 0.05) is 32.7 Å². The summed E-state index contributed by atoms with van der Waals surface area (Å²) < 4.78 is 234. The Labute approximate surface area is 180 Å². The third-order valence-corrected chi connectivity index (χ3v) is 0. The SMILES string of the molecule is F[B-](F)(F)F.F[B-](F)(F)F.F[B-](F)(F)F.F[B-](F)(F)F.F[B-](F)(F)F.F[B-](F)(F)F.[Y]. The summed E-state index contributed by atoms with van der Waals surface area (Å²) in [6, 6.07) is 0. The molecule has 1 radical (unpaired) electrons. The van der Waals surface area contributed by atoms with Gasteiger partial charge in [-0.15, -0.1) is 0 Å². The summed E-state index contributed by atoms with van der Waals surface area (Å²) in [6.07, 6.45) is 0. The molecule has 0 fully saturated rings. The normalized spacial score (nSPS) is 11.6. The Morgan fingerprint density at radius 3 is 0.161 bits per heavy atom. The molecule has 0 aliphatic rings. The van der Waals surface area contributed by atoms with Crippen LogP contribution in [-0.2, 0) is 32.7 Å². The minimum absolute atomic E-state index is 0. The summed E-state index contributed by atoms with van der Waals surface area (Å²) in [6.45, 7) is 0. The molecule has 0 N–H and O–H groups in total. The first-order valence-corrected chi connectivity index (χ1v) is 5.24. The van der Waals surface area contributed by atoms with Gasteiger partial charge >= 0.3 is 43.5 Å². The van der Waals surface area contributed by atoms with Crippen LogP contribution in [0.5, 0.6) is 0 Å². The van der Waals surface area contributed by atoms with E-state index in [4.69, 9.17) is 0 Å². The van der Waals surface area contributed by atoms with Gasteiger partial charge in [-0.3, -0.25) is 0 Å². The van der Waals surface area contributed by atoms with Crippen LogP contribution in [0.1, 0.15) is 0 Å². The molecular formula is B6F24Y-6. The molecule has 0 atom stereocenters. The van der Waals surface area contributed by atoms with Crippen molar-refractivity contribution < 1.29 is 136 Å². The van der Waals surface area contributed by atoms with Crippen molar-refractivity contribution in [3.8, 4) is 0 Å². The maximum Gasteiger partial charge on any atom is 0.673 e. The van der Waals surface area contributed by atoms with E-state index in [9.17, 15) is 104 Å². The topological polar surface area (TPSA) is 0 Å². The molecule has 31 heavy (non-hydrogen) atoms. The predicted molar refractivity (Wildman–Crippen MR) is 61.1 cm³/mol. The van der Waals surface area contributed by atoms with Gasteiger partial charge in [-0.05, 0) is 0 Å². The van der Waals surface area contributed by atoms with Gasteiger partial charge in [0.05, 0.1) is 0 Å². The van der Waals surface area contributed by atoms with Crippen molar-refractivity contribution in [2.45, 2.75) is 0 Å². The molecule has 0 amide bonds. The molecule has 0 nitrogen and oxygen atoms in total. The van der Waals surface area contributed by atoms with Crippen molar-refractivity contribution in [2.75, 3.05) is 0 Å². The van der Waals surface area contributed by atoms with E-state index in [0.29, 0.717) is 0 Å². The Balaban J connectivity index is -0.0000000443. The number of halogens is 24. The molecule has 0 aliphatic heterocycles. The Kier molecular flexibility index (Phi) is 30.1. The van der Waals surface area contributed by atoms with Crippen LogP contribution in [0.2, 0.25) is 0 Å². The van der Waals surface area contributed by atoms with E-state index in [1.807, 2.05) is 0 Å². The largest absolute Gasteiger partial charge is 0.673 e. The smallest absolute Gasteiger partial charge is 0.418 e. The molecule has 0 aliphatic carbocycles. The van der Waals surface area contributed by atoms with Crippen molar-refractivity contribution >= 4 is 43.5 Å². The minimum atomic E-state index is -6.00. The van der Waals surface area contributed by atoms with Crippen LogP contribution in [0.15, 0.2) is 0 Å². The van der Waals surface area contributed by atoms with Crippen molar-refractivity contribution in [1.29, 1.82) is 0 Å². The molecule has 0 rings (SSSR count). The molecule has 0 heterocycles. The summed E-state index contributed by atoms with van der Waals surface area (Å²) in [5.74, 6) is 0. The van der Waals surface area contributed by atoms with E-state index in [-0.39, 0.29) is 32.7 Å². The fraction of sp³-hybridized carbons (Fsp3) is 0. The van der Waals surface area contributed by atoms with Crippen molar-refractivity contribution in [1.82, 2.24) is 0 Å². The van der Waals surface area contributed by atoms with Gasteiger partial charge in [-0.2, -0.15) is 0 Å². The van der Waals surface area contributed by atoms with E-state index in [2.05, 4.69) is 0 Å². The van der Waals surface area contributed by atoms with Crippen LogP contribution in [0.25, 0.3) is 0 Å². The maximum absolute atomic E-state index is 9.75. The quantitative estimate of drug-likeness (QED) is 0.194. The molecular weight excluding hydrogens is 610 g/mol. The van der Waals surface area contributed by atoms with Gasteiger partial charge in [-0.25, -0.2) is 0 Å². The molecule has 0 aromatic heterocycles. The average molecular weight is 610 g/mol. The first-order valence-electron chi connectivity index (χ1n) is 5.24. The van der Waals surface area contributed by atoms with E-state index in [1.165, 1.54) is 0 Å². The van der Waals surface area contributed by atoms with Crippen LogP contribution in [0.3, 0.4) is 0 Å². The number of hydrogen-bond donors (Lipinski definition) is 0. The van der Waals surface area contributed by atoms with Gasteiger partial charge in [0.2, 0.25) is 0 Å². The zero-order chi connectivity index (χ0) is 27.0. The minimum Gasteiger partial charge on any atom is -0.418 e. The fourth-order valence-electron chi connectivity index (χ4n) is 0. The molecule has 0 aromatic rings. The molecule has 31 heteroatoms. The molecule has 0 unspecified atom stereocenters. The second kappa shape index (κ2) is 19.3. The molecule has 0 bridgehead atoms. The first kappa shape index (κ1) is 48.3. The zero-order valence-corrected chi connectivity index (χ0v) is 16.0. The van der Waals surface area contributed by atoms with E-state index in [0.717, 1.165) is 0 Å². The summed E-state index contributed by atoms with van der Waals surface area (Å²) >= 11 is 0. The number of hydrogen-bond acceptors (Lipinski definition) is 0. The van der Waals surface area contributed by atoms with Gasteiger partial charge in [0.25, 0.3) is 0 Å². The Hall–Kier alpha value is -0.186. The molecule has 0 saturated heterocycles. The maximum atomic E-state index is 9.75. The monoisotopic (exact) mass is 611 g/mol. The zero-order valence-electron chi connectivity index (χ0n) is 13.1. The molecule has 195 valence electrons. The third-order valence-electron chi connectivity index (χ3n) is 0. The standard InChI is InChI=1S/6BF4.Y/c6*2-1(3,4)5;/q6*-1;. The van der Waals surface area contributed by atoms with Crippen LogP contribution in [0.4, 0.5) is 104 Å². The molecule has 0 saturated carbocycles. The summed E-state index contributed by atoms with van der Waals surface area (Å²) in [5.41, 5.74) is 0. The number of rotatable bonds is 0. The van der Waals surface area contributed by atoms with Gasteiger partial charge in [-0.1, -0.05) is 0 Å². The summed E-state index contributed by atoms with van der Waals surface area (Å²) in [7, 11) is -36.0. The Bertz CT molecular complexity index is 214. The molecule has 0 spiro atoms. The Morgan fingerprint density at radius 1 is 0.161 bits per heavy atom. The van der Waals surface area contributed by atoms with E-state index in [1.54, 1.807) is 0 Å².